The normalized spacial score (nSPS) is 11.1. The number of halogens is 2. The first kappa shape index (κ1) is 27.5. The minimum atomic E-state index is -0.458. The van der Waals surface area contributed by atoms with Crippen LogP contribution in [0.2, 0.25) is 10.0 Å². The Morgan fingerprint density at radius 3 is 2.34 bits per heavy atom. The highest BCUT2D eigenvalue weighted by atomic mass is 35.5. The third-order valence-corrected chi connectivity index (χ3v) is 7.33. The van der Waals surface area contributed by atoms with Crippen molar-refractivity contribution in [2.24, 2.45) is 0 Å². The van der Waals surface area contributed by atoms with Crippen LogP contribution in [0.5, 0.6) is 0 Å². The molecule has 192 valence electrons. The monoisotopic (exact) mass is 581 g/mol. The molecule has 0 bridgehead atoms. The summed E-state index contributed by atoms with van der Waals surface area (Å²) in [6.45, 7) is 0. The van der Waals surface area contributed by atoms with Gasteiger partial charge in [-0.2, -0.15) is 11.3 Å². The van der Waals surface area contributed by atoms with E-state index in [4.69, 9.17) is 23.2 Å². The first-order chi connectivity index (χ1) is 18.4. The number of amides is 3. The van der Waals surface area contributed by atoms with Gasteiger partial charge in [0.05, 0.1) is 16.5 Å². The Morgan fingerprint density at radius 2 is 1.66 bits per heavy atom. The fourth-order valence-corrected chi connectivity index (χ4v) is 5.00. The van der Waals surface area contributed by atoms with E-state index in [-0.39, 0.29) is 23.3 Å². The van der Waals surface area contributed by atoms with Crippen LogP contribution in [0.1, 0.15) is 15.9 Å². The number of carbonyl (C=O) groups is 3. The third kappa shape index (κ3) is 7.97. The van der Waals surface area contributed by atoms with E-state index in [1.807, 2.05) is 22.9 Å². The molecule has 3 amide bonds. The van der Waals surface area contributed by atoms with Crippen LogP contribution >= 0.6 is 46.3 Å². The van der Waals surface area contributed by atoms with Crippen LogP contribution in [0.25, 0.3) is 6.08 Å². The van der Waals surface area contributed by atoms with E-state index in [0.29, 0.717) is 27.0 Å². The van der Waals surface area contributed by atoms with Gasteiger partial charge in [0.2, 0.25) is 5.91 Å². The molecular weight excluding hydrogens is 561 g/mol. The van der Waals surface area contributed by atoms with E-state index >= 15 is 0 Å². The Balaban J connectivity index is 1.36. The maximum Gasteiger partial charge on any atom is 0.272 e. The summed E-state index contributed by atoms with van der Waals surface area (Å²) in [4.78, 5) is 38.9. The molecule has 1 aromatic heterocycles. The zero-order chi connectivity index (χ0) is 26.9. The highest BCUT2D eigenvalue weighted by Crippen LogP contribution is 2.26. The molecule has 4 rings (SSSR count). The average molecular weight is 583 g/mol. The van der Waals surface area contributed by atoms with E-state index in [1.165, 1.54) is 23.1 Å². The van der Waals surface area contributed by atoms with Crippen LogP contribution < -0.4 is 16.0 Å². The van der Waals surface area contributed by atoms with Crippen molar-refractivity contribution in [3.8, 4) is 0 Å². The molecule has 0 saturated carbocycles. The first-order valence-corrected chi connectivity index (χ1v) is 14.0. The lowest BCUT2D eigenvalue weighted by Crippen LogP contribution is -2.30. The summed E-state index contributed by atoms with van der Waals surface area (Å²) in [7, 11) is 0. The number of benzene rings is 3. The van der Waals surface area contributed by atoms with Crippen LogP contribution in [0.15, 0.2) is 100 Å². The topological polar surface area (TPSA) is 87.3 Å². The summed E-state index contributed by atoms with van der Waals surface area (Å²) < 4.78 is 0. The van der Waals surface area contributed by atoms with Gasteiger partial charge in [-0.15, -0.1) is 11.8 Å². The Kier molecular flexibility index (Phi) is 9.62. The lowest BCUT2D eigenvalue weighted by Gasteiger charge is -2.12. The number of hydrogen-bond donors (Lipinski definition) is 3. The molecule has 3 aromatic carbocycles. The van der Waals surface area contributed by atoms with E-state index in [0.717, 1.165) is 10.5 Å². The SMILES string of the molecule is O=C(CSc1ccc(NC(=O)/C(=C/c2ccsc2)NC(=O)c2ccccc2)cc1)Nc1ccc(Cl)cc1Cl. The summed E-state index contributed by atoms with van der Waals surface area (Å²) in [6.07, 6.45) is 1.63. The molecule has 4 aromatic rings. The minimum absolute atomic E-state index is 0.119. The fourth-order valence-electron chi connectivity index (χ4n) is 3.23. The molecule has 38 heavy (non-hydrogen) atoms. The van der Waals surface area contributed by atoms with Gasteiger partial charge in [0.1, 0.15) is 5.70 Å². The molecule has 10 heteroatoms. The molecule has 0 aliphatic rings. The van der Waals surface area contributed by atoms with Crippen molar-refractivity contribution in [1.29, 1.82) is 0 Å². The second-order valence-corrected chi connectivity index (χ2v) is 10.5. The van der Waals surface area contributed by atoms with Gasteiger partial charge in [-0.05, 0) is 83.1 Å². The summed E-state index contributed by atoms with van der Waals surface area (Å²) in [6, 6.07) is 22.5. The summed E-state index contributed by atoms with van der Waals surface area (Å²) >= 11 is 14.8. The average Bonchev–Trinajstić information content (AvgIpc) is 3.43. The van der Waals surface area contributed by atoms with Crippen molar-refractivity contribution < 1.29 is 14.4 Å². The van der Waals surface area contributed by atoms with Crippen molar-refractivity contribution in [2.75, 3.05) is 16.4 Å². The molecule has 6 nitrogen and oxygen atoms in total. The van der Waals surface area contributed by atoms with Crippen molar-refractivity contribution in [1.82, 2.24) is 5.32 Å². The molecule has 0 aliphatic carbocycles. The molecule has 3 N–H and O–H groups in total. The van der Waals surface area contributed by atoms with Crippen LogP contribution in [-0.4, -0.2) is 23.5 Å². The second kappa shape index (κ2) is 13.3. The minimum Gasteiger partial charge on any atom is -0.324 e. The number of anilines is 2. The number of nitrogens with one attached hydrogen (secondary N) is 3. The number of thioether (sulfide) groups is 1. The summed E-state index contributed by atoms with van der Waals surface area (Å²) in [5, 5.41) is 12.9. The highest BCUT2D eigenvalue weighted by molar-refractivity contribution is 8.00. The Morgan fingerprint density at radius 1 is 0.895 bits per heavy atom. The van der Waals surface area contributed by atoms with Gasteiger partial charge in [-0.3, -0.25) is 14.4 Å². The van der Waals surface area contributed by atoms with Gasteiger partial charge in [-0.25, -0.2) is 0 Å². The lowest BCUT2D eigenvalue weighted by molar-refractivity contribution is -0.114. The van der Waals surface area contributed by atoms with Crippen LogP contribution in [0.3, 0.4) is 0 Å². The van der Waals surface area contributed by atoms with E-state index in [2.05, 4.69) is 16.0 Å². The molecule has 1 heterocycles. The zero-order valence-electron chi connectivity index (χ0n) is 19.7. The largest absolute Gasteiger partial charge is 0.324 e. The Bertz CT molecular complexity index is 1460. The molecule has 0 spiro atoms. The Hall–Kier alpha value is -3.56. The van der Waals surface area contributed by atoms with Gasteiger partial charge in [0.15, 0.2) is 0 Å². The van der Waals surface area contributed by atoms with E-state index in [1.54, 1.807) is 72.8 Å². The first-order valence-electron chi connectivity index (χ1n) is 11.3. The maximum atomic E-state index is 13.1. The molecule has 0 radical (unpaired) electrons. The molecule has 0 aliphatic heterocycles. The summed E-state index contributed by atoms with van der Waals surface area (Å²) in [5.74, 6) is -0.884. The van der Waals surface area contributed by atoms with Crippen molar-refractivity contribution in [2.45, 2.75) is 4.90 Å². The smallest absolute Gasteiger partial charge is 0.272 e. The molecule has 0 unspecified atom stereocenters. The van der Waals surface area contributed by atoms with Crippen molar-refractivity contribution in [3.63, 3.8) is 0 Å². The van der Waals surface area contributed by atoms with Crippen LogP contribution in [-0.2, 0) is 9.59 Å². The number of rotatable bonds is 9. The quantitative estimate of drug-likeness (QED) is 0.144. The number of carbonyl (C=O) groups excluding carboxylic acids is 3. The van der Waals surface area contributed by atoms with Crippen LogP contribution in [0.4, 0.5) is 11.4 Å². The predicted molar refractivity (Wildman–Crippen MR) is 157 cm³/mol. The van der Waals surface area contributed by atoms with Gasteiger partial charge < -0.3 is 16.0 Å². The van der Waals surface area contributed by atoms with E-state index < -0.39 is 5.91 Å². The summed E-state index contributed by atoms with van der Waals surface area (Å²) in [5.41, 5.74) is 2.40. The third-order valence-electron chi connectivity index (χ3n) is 5.07. The number of hydrogen-bond acceptors (Lipinski definition) is 5. The second-order valence-electron chi connectivity index (χ2n) is 7.87. The fraction of sp³-hybridized carbons (Fsp3) is 0.0357. The predicted octanol–water partition coefficient (Wildman–Crippen LogP) is 7.20. The van der Waals surface area contributed by atoms with Gasteiger partial charge in [0.25, 0.3) is 11.8 Å². The van der Waals surface area contributed by atoms with Gasteiger partial charge >= 0.3 is 0 Å². The van der Waals surface area contributed by atoms with Crippen molar-refractivity contribution >= 4 is 81.5 Å². The molecule has 0 atom stereocenters. The molecular formula is C28H21Cl2N3O3S2. The molecule has 0 fully saturated rings. The molecule has 0 saturated heterocycles. The van der Waals surface area contributed by atoms with E-state index in [9.17, 15) is 14.4 Å². The maximum absolute atomic E-state index is 13.1. The van der Waals surface area contributed by atoms with Gasteiger partial charge in [-0.1, -0.05) is 41.4 Å². The van der Waals surface area contributed by atoms with Crippen molar-refractivity contribution in [3.05, 3.63) is 116 Å². The Labute approximate surface area is 238 Å². The zero-order valence-corrected chi connectivity index (χ0v) is 22.9. The highest BCUT2D eigenvalue weighted by Gasteiger charge is 2.15. The van der Waals surface area contributed by atoms with Crippen LogP contribution in [0, 0.1) is 0 Å². The standard InChI is InChI=1S/C28H21Cl2N3O3S2/c29-20-6-11-24(23(30)15-20)32-26(34)17-38-22-9-7-21(8-10-22)31-28(36)25(14-18-12-13-37-16-18)33-27(35)19-4-2-1-3-5-19/h1-16H,17H2,(H,31,36)(H,32,34)(H,33,35)/b25-14-. The van der Waals surface area contributed by atoms with Gasteiger partial charge in [0, 0.05) is 21.2 Å². The number of thiophene rings is 1. The lowest BCUT2D eigenvalue weighted by atomic mass is 10.2.